The van der Waals surface area contributed by atoms with Crippen molar-refractivity contribution < 1.29 is 76.5 Å². The number of hydrogen-bond acceptors (Lipinski definition) is 3. The van der Waals surface area contributed by atoms with Crippen molar-refractivity contribution in [3.8, 4) is 11.8 Å². The summed E-state index contributed by atoms with van der Waals surface area (Å²) < 4.78 is 31.4. The molecule has 0 unspecified atom stereocenters. The van der Waals surface area contributed by atoms with Crippen LogP contribution in [0.2, 0.25) is 0 Å². The summed E-state index contributed by atoms with van der Waals surface area (Å²) in [5, 5.41) is 8.55. The number of benzene rings is 2. The van der Waals surface area contributed by atoms with Crippen LogP contribution < -0.4 is 62.9 Å². The first-order valence-electron chi connectivity index (χ1n) is 5.19. The number of esters is 1. The molecule has 0 spiro atoms. The molecule has 3 nitrogen and oxygen atoms in total. The van der Waals surface area contributed by atoms with E-state index in [2.05, 4.69) is 6.07 Å². The van der Waals surface area contributed by atoms with E-state index in [4.69, 9.17) is 10.00 Å². The summed E-state index contributed by atoms with van der Waals surface area (Å²) in [6, 6.07) is 11.0. The van der Waals surface area contributed by atoms with Crippen LogP contribution in [0.3, 0.4) is 0 Å². The van der Waals surface area contributed by atoms with Gasteiger partial charge in [-0.25, -0.2) is 9.18 Å². The summed E-state index contributed by atoms with van der Waals surface area (Å²) >= 11 is 0. The van der Waals surface area contributed by atoms with Gasteiger partial charge in [0.2, 0.25) is 0 Å². The number of rotatable bonds is 2. The third kappa shape index (κ3) is 4.03. The largest absolute Gasteiger partial charge is 1.00 e. The van der Waals surface area contributed by atoms with Gasteiger partial charge < -0.3 is 4.74 Å². The second-order valence-electron chi connectivity index (χ2n) is 3.55. The fraction of sp³-hybridized carbons (Fsp3) is 0. The Morgan fingerprint density at radius 2 is 2.00 bits per heavy atom. The maximum atomic E-state index is 13.3. The Labute approximate surface area is 163 Å². The van der Waals surface area contributed by atoms with Gasteiger partial charge in [0.15, 0.2) is 0 Å². The van der Waals surface area contributed by atoms with Gasteiger partial charge in [-0.1, -0.05) is 0 Å². The van der Waals surface area contributed by atoms with Gasteiger partial charge in [-0.05, 0) is 17.7 Å². The topological polar surface area (TPSA) is 50.1 Å². The number of nitrogens with zero attached hydrogens (tertiary/aromatic N) is 1. The van der Waals surface area contributed by atoms with Crippen molar-refractivity contribution in [2.75, 3.05) is 0 Å². The standard InChI is InChI=1S/C14H6F2NO2.Rb/c15-12-4-2-1-3-11(12)14(18)19-10-6-5-9(8-17)13(16)7-10;/h1,3-7H;/q-1;+1. The summed E-state index contributed by atoms with van der Waals surface area (Å²) in [5.41, 5.74) is -0.441. The maximum absolute atomic E-state index is 13.3. The summed E-state index contributed by atoms with van der Waals surface area (Å²) in [6.45, 7) is 0. The van der Waals surface area contributed by atoms with E-state index in [9.17, 15) is 13.6 Å². The summed E-state index contributed by atoms with van der Waals surface area (Å²) in [5.74, 6) is -2.64. The second kappa shape index (κ2) is 7.74. The van der Waals surface area contributed by atoms with Crippen LogP contribution in [0.25, 0.3) is 0 Å². The molecule has 0 fully saturated rings. The predicted octanol–water partition coefficient (Wildman–Crippen LogP) is -0.140. The third-order valence-electron chi connectivity index (χ3n) is 2.31. The molecule has 0 bridgehead atoms. The van der Waals surface area contributed by atoms with E-state index < -0.39 is 17.6 Å². The van der Waals surface area contributed by atoms with E-state index in [-0.39, 0.29) is 75.1 Å². The molecular weight excluding hydrogens is 338 g/mol. The molecule has 0 N–H and O–H groups in total. The summed E-state index contributed by atoms with van der Waals surface area (Å²) in [4.78, 5) is 11.6. The van der Waals surface area contributed by atoms with Crippen molar-refractivity contribution in [1.29, 1.82) is 5.26 Å². The molecule has 6 heteroatoms. The van der Waals surface area contributed by atoms with Crippen molar-refractivity contribution in [3.63, 3.8) is 0 Å². The quantitative estimate of drug-likeness (QED) is 0.433. The van der Waals surface area contributed by atoms with Crippen LogP contribution in [0, 0.1) is 29.0 Å². The molecule has 0 saturated carbocycles. The molecule has 0 amide bonds. The normalized spacial score (nSPS) is 9.25. The first-order chi connectivity index (χ1) is 9.11. The minimum atomic E-state index is -0.949. The average Bonchev–Trinajstić information content (AvgIpc) is 2.39. The molecule has 2 aromatic rings. The zero-order valence-corrected chi connectivity index (χ0v) is 15.4. The Morgan fingerprint density at radius 1 is 1.25 bits per heavy atom. The monoisotopic (exact) mass is 343 g/mol. The molecule has 94 valence electrons. The SMILES string of the molecule is N#Cc1ccc(OC(=O)c2cc[c-]cc2F)cc1F.[Rb+]. The predicted molar refractivity (Wildman–Crippen MR) is 61.3 cm³/mol. The van der Waals surface area contributed by atoms with Crippen LogP contribution in [0.1, 0.15) is 15.9 Å². The molecule has 0 aliphatic rings. The van der Waals surface area contributed by atoms with Gasteiger partial charge in [0.05, 0.1) is 5.56 Å². The van der Waals surface area contributed by atoms with Crippen LogP contribution in [0.4, 0.5) is 8.78 Å². The number of halogens is 2. The Balaban J connectivity index is 0.00000200. The first-order valence-corrected chi connectivity index (χ1v) is 5.19. The minimum absolute atomic E-state index is 0. The van der Waals surface area contributed by atoms with Gasteiger partial charge in [-0.3, -0.25) is 4.39 Å². The summed E-state index contributed by atoms with van der Waals surface area (Å²) in [6.07, 6.45) is 0. The molecule has 20 heavy (non-hydrogen) atoms. The Bertz CT molecular complexity index is 683. The molecule has 0 heterocycles. The van der Waals surface area contributed by atoms with Crippen molar-refractivity contribution in [1.82, 2.24) is 0 Å². The molecule has 2 aromatic carbocycles. The molecule has 0 aliphatic carbocycles. The number of ether oxygens (including phenoxy) is 1. The van der Waals surface area contributed by atoms with Crippen LogP contribution >= 0.6 is 0 Å². The number of carbonyl (C=O) groups is 1. The first kappa shape index (κ1) is 17.1. The fourth-order valence-electron chi connectivity index (χ4n) is 1.39. The third-order valence-corrected chi connectivity index (χ3v) is 2.31. The molecule has 0 aliphatic heterocycles. The number of carbonyl (C=O) groups excluding carboxylic acids is 1. The van der Waals surface area contributed by atoms with Crippen LogP contribution in [-0.4, -0.2) is 5.97 Å². The van der Waals surface area contributed by atoms with Gasteiger partial charge in [-0.2, -0.15) is 23.5 Å². The summed E-state index contributed by atoms with van der Waals surface area (Å²) in [7, 11) is 0. The number of hydrogen-bond donors (Lipinski definition) is 0. The van der Waals surface area contributed by atoms with E-state index in [0.717, 1.165) is 12.1 Å². The Hall–Kier alpha value is -0.935. The van der Waals surface area contributed by atoms with Gasteiger partial charge in [-0.15, -0.1) is 6.07 Å². The zero-order valence-electron chi connectivity index (χ0n) is 10.5. The van der Waals surface area contributed by atoms with E-state index in [1.807, 2.05) is 0 Å². The molecule has 0 atom stereocenters. The number of nitriles is 1. The van der Waals surface area contributed by atoms with Crippen molar-refractivity contribution in [2.24, 2.45) is 0 Å². The molecule has 0 saturated heterocycles. The van der Waals surface area contributed by atoms with Gasteiger partial charge >= 0.3 is 64.2 Å². The molecular formula is C14H6F2NO2Rb. The van der Waals surface area contributed by atoms with Gasteiger partial charge in [0.25, 0.3) is 0 Å². The van der Waals surface area contributed by atoms with Gasteiger partial charge in [0.1, 0.15) is 17.6 Å². The molecule has 0 radical (unpaired) electrons. The van der Waals surface area contributed by atoms with Crippen molar-refractivity contribution in [2.45, 2.75) is 0 Å². The second-order valence-corrected chi connectivity index (χ2v) is 3.55. The molecule has 0 aromatic heterocycles. The molecule has 2 rings (SSSR count). The van der Waals surface area contributed by atoms with E-state index >= 15 is 0 Å². The maximum Gasteiger partial charge on any atom is 1.00 e. The zero-order chi connectivity index (χ0) is 13.8. The average molecular weight is 344 g/mol. The van der Waals surface area contributed by atoms with Gasteiger partial charge in [0, 0.05) is 11.9 Å². The van der Waals surface area contributed by atoms with Crippen molar-refractivity contribution in [3.05, 3.63) is 65.2 Å². The van der Waals surface area contributed by atoms with Crippen LogP contribution in [-0.2, 0) is 0 Å². The fourth-order valence-corrected chi connectivity index (χ4v) is 1.39. The van der Waals surface area contributed by atoms with E-state index in [0.29, 0.717) is 0 Å². The van der Waals surface area contributed by atoms with E-state index in [1.165, 1.54) is 24.3 Å². The van der Waals surface area contributed by atoms with Crippen LogP contribution in [0.5, 0.6) is 5.75 Å². The Morgan fingerprint density at radius 3 is 2.60 bits per heavy atom. The Kier molecular flexibility index (Phi) is 6.63. The smallest absolute Gasteiger partial charge is 0.424 e. The minimum Gasteiger partial charge on any atom is -0.424 e. The van der Waals surface area contributed by atoms with Crippen molar-refractivity contribution >= 4 is 5.97 Å². The van der Waals surface area contributed by atoms with E-state index in [1.54, 1.807) is 6.07 Å². The van der Waals surface area contributed by atoms with Crippen LogP contribution in [0.15, 0.2) is 36.4 Å².